The Hall–Kier alpha value is -1.43. The van der Waals surface area contributed by atoms with E-state index in [1.165, 1.54) is 5.56 Å². The number of likely N-dealkylation sites (tertiary alicyclic amines) is 2. The second-order valence-electron chi connectivity index (χ2n) is 9.91. The number of rotatable bonds is 4. The van der Waals surface area contributed by atoms with Crippen LogP contribution in [-0.4, -0.2) is 72.8 Å². The van der Waals surface area contributed by atoms with E-state index in [9.17, 15) is 4.79 Å². The number of nitrogens with zero attached hydrogens (tertiary/aromatic N) is 2. The molecule has 4 saturated heterocycles. The fourth-order valence-electron chi connectivity index (χ4n) is 5.64. The fraction of sp³-hybridized carbons (Fsp3) is 0.708. The molecule has 1 amide bonds. The zero-order valence-electron chi connectivity index (χ0n) is 17.8. The fourth-order valence-corrected chi connectivity index (χ4v) is 5.64. The SMILES string of the molecule is CC(C)C1(N2CC[C@@H](C(=O)N3CCC4(CC3)CO4)[C@H](c3ccccc3)C2)COC1. The molecule has 5 rings (SSSR count). The van der Waals surface area contributed by atoms with Crippen LogP contribution in [0.4, 0.5) is 0 Å². The Bertz CT molecular complexity index is 732. The molecular formula is C24H34N2O3. The van der Waals surface area contributed by atoms with Crippen LogP contribution in [0.3, 0.4) is 0 Å². The van der Waals surface area contributed by atoms with Crippen molar-refractivity contribution in [3.63, 3.8) is 0 Å². The summed E-state index contributed by atoms with van der Waals surface area (Å²) in [5, 5.41) is 0. The van der Waals surface area contributed by atoms with Gasteiger partial charge in [0.1, 0.15) is 0 Å². The molecule has 5 heteroatoms. The van der Waals surface area contributed by atoms with Gasteiger partial charge < -0.3 is 14.4 Å². The zero-order valence-corrected chi connectivity index (χ0v) is 17.8. The third kappa shape index (κ3) is 3.41. The summed E-state index contributed by atoms with van der Waals surface area (Å²) >= 11 is 0. The van der Waals surface area contributed by atoms with E-state index >= 15 is 0 Å². The van der Waals surface area contributed by atoms with Crippen molar-refractivity contribution in [1.29, 1.82) is 0 Å². The third-order valence-corrected chi connectivity index (χ3v) is 8.11. The van der Waals surface area contributed by atoms with Crippen molar-refractivity contribution < 1.29 is 14.3 Å². The summed E-state index contributed by atoms with van der Waals surface area (Å²) in [6, 6.07) is 10.7. The Morgan fingerprint density at radius 1 is 1.07 bits per heavy atom. The summed E-state index contributed by atoms with van der Waals surface area (Å²) in [7, 11) is 0. The van der Waals surface area contributed by atoms with Crippen molar-refractivity contribution >= 4 is 5.91 Å². The maximum Gasteiger partial charge on any atom is 0.226 e. The Morgan fingerprint density at radius 2 is 1.76 bits per heavy atom. The molecule has 4 aliphatic heterocycles. The van der Waals surface area contributed by atoms with Crippen LogP contribution in [0.2, 0.25) is 0 Å². The highest BCUT2D eigenvalue weighted by Crippen LogP contribution is 2.43. The van der Waals surface area contributed by atoms with Gasteiger partial charge in [-0.25, -0.2) is 0 Å². The van der Waals surface area contributed by atoms with Gasteiger partial charge in [-0.2, -0.15) is 0 Å². The van der Waals surface area contributed by atoms with Crippen LogP contribution in [0.25, 0.3) is 0 Å². The summed E-state index contributed by atoms with van der Waals surface area (Å²) in [6.45, 7) is 10.8. The summed E-state index contributed by atoms with van der Waals surface area (Å²) in [5.41, 5.74) is 1.56. The highest BCUT2D eigenvalue weighted by atomic mass is 16.6. The van der Waals surface area contributed by atoms with Gasteiger partial charge in [0.05, 0.1) is 31.0 Å². The molecule has 0 saturated carbocycles. The molecular weight excluding hydrogens is 364 g/mol. The van der Waals surface area contributed by atoms with Crippen LogP contribution in [-0.2, 0) is 14.3 Å². The minimum absolute atomic E-state index is 0.0769. The van der Waals surface area contributed by atoms with Gasteiger partial charge in [0.2, 0.25) is 5.91 Å². The smallest absolute Gasteiger partial charge is 0.226 e. The third-order valence-electron chi connectivity index (χ3n) is 8.11. The van der Waals surface area contributed by atoms with Crippen LogP contribution in [0.1, 0.15) is 44.6 Å². The number of epoxide rings is 1. The highest BCUT2D eigenvalue weighted by molar-refractivity contribution is 5.80. The molecule has 4 aliphatic rings. The van der Waals surface area contributed by atoms with E-state index in [1.54, 1.807) is 0 Å². The van der Waals surface area contributed by atoms with Crippen LogP contribution >= 0.6 is 0 Å². The lowest BCUT2D eigenvalue weighted by Gasteiger charge is -2.56. The first kappa shape index (κ1) is 19.5. The average Bonchev–Trinajstić information content (AvgIpc) is 3.46. The molecule has 0 unspecified atom stereocenters. The molecule has 5 nitrogen and oxygen atoms in total. The minimum Gasteiger partial charge on any atom is -0.377 e. The van der Waals surface area contributed by atoms with Gasteiger partial charge in [-0.1, -0.05) is 44.2 Å². The van der Waals surface area contributed by atoms with Gasteiger partial charge in [-0.15, -0.1) is 0 Å². The Labute approximate surface area is 174 Å². The van der Waals surface area contributed by atoms with Crippen molar-refractivity contribution in [2.24, 2.45) is 11.8 Å². The molecule has 1 aromatic carbocycles. The molecule has 1 aromatic rings. The zero-order chi connectivity index (χ0) is 20.1. The Morgan fingerprint density at radius 3 is 2.31 bits per heavy atom. The summed E-state index contributed by atoms with van der Waals surface area (Å²) < 4.78 is 11.3. The Balaban J connectivity index is 1.36. The van der Waals surface area contributed by atoms with Crippen LogP contribution < -0.4 is 0 Å². The largest absolute Gasteiger partial charge is 0.377 e. The topological polar surface area (TPSA) is 45.3 Å². The van der Waals surface area contributed by atoms with Crippen LogP contribution in [0.15, 0.2) is 30.3 Å². The van der Waals surface area contributed by atoms with Crippen molar-refractivity contribution in [1.82, 2.24) is 9.80 Å². The lowest BCUT2D eigenvalue weighted by molar-refractivity contribution is -0.175. The molecule has 1 spiro atoms. The number of hydrogen-bond acceptors (Lipinski definition) is 4. The van der Waals surface area contributed by atoms with Gasteiger partial charge in [0.25, 0.3) is 0 Å². The van der Waals surface area contributed by atoms with E-state index in [-0.39, 0.29) is 23.0 Å². The molecule has 158 valence electrons. The van der Waals surface area contributed by atoms with Crippen LogP contribution in [0.5, 0.6) is 0 Å². The van der Waals surface area contributed by atoms with E-state index in [1.807, 2.05) is 0 Å². The predicted molar refractivity (Wildman–Crippen MR) is 112 cm³/mol. The molecule has 0 aliphatic carbocycles. The maximum absolute atomic E-state index is 13.6. The standard InChI is InChI=1S/C24H34N2O3/c1-18(2)24(16-28-17-24)26-11-8-20(21(14-26)19-6-4-3-5-7-19)22(27)25-12-9-23(10-13-25)15-29-23/h3-7,18,20-21H,8-17H2,1-2H3/t20-,21+/m1/s1. The van der Waals surface area contributed by atoms with Gasteiger partial charge >= 0.3 is 0 Å². The first-order valence-electron chi connectivity index (χ1n) is 11.3. The molecule has 0 N–H and O–H groups in total. The van der Waals surface area contributed by atoms with Gasteiger partial charge in [0, 0.05) is 31.5 Å². The van der Waals surface area contributed by atoms with Crippen molar-refractivity contribution in [3.8, 4) is 0 Å². The summed E-state index contributed by atoms with van der Waals surface area (Å²) in [5.74, 6) is 1.24. The number of ether oxygens (including phenoxy) is 2. The van der Waals surface area contributed by atoms with Crippen molar-refractivity contribution in [2.45, 2.75) is 50.2 Å². The van der Waals surface area contributed by atoms with Crippen molar-refractivity contribution in [2.75, 3.05) is 46.0 Å². The lowest BCUT2D eigenvalue weighted by atomic mass is 9.75. The van der Waals surface area contributed by atoms with E-state index in [0.29, 0.717) is 11.8 Å². The number of hydrogen-bond donors (Lipinski definition) is 0. The van der Waals surface area contributed by atoms with E-state index in [2.05, 4.69) is 54.0 Å². The highest BCUT2D eigenvalue weighted by Gasteiger charge is 2.51. The molecule has 4 fully saturated rings. The molecule has 29 heavy (non-hydrogen) atoms. The second kappa shape index (κ2) is 7.36. The maximum atomic E-state index is 13.6. The predicted octanol–water partition coefficient (Wildman–Crippen LogP) is 2.91. The number of piperidine rings is 2. The number of carbonyl (C=O) groups excluding carboxylic acids is 1. The first-order chi connectivity index (χ1) is 14.0. The number of carbonyl (C=O) groups is 1. The van der Waals surface area contributed by atoms with Crippen molar-refractivity contribution in [3.05, 3.63) is 35.9 Å². The average molecular weight is 399 g/mol. The van der Waals surface area contributed by atoms with Crippen LogP contribution in [0, 0.1) is 11.8 Å². The molecule has 0 radical (unpaired) electrons. The minimum atomic E-state index is 0.0769. The second-order valence-corrected chi connectivity index (χ2v) is 9.91. The van der Waals surface area contributed by atoms with E-state index in [4.69, 9.17) is 9.47 Å². The van der Waals surface area contributed by atoms with E-state index in [0.717, 1.165) is 65.3 Å². The molecule has 0 bridgehead atoms. The number of benzene rings is 1. The quantitative estimate of drug-likeness (QED) is 0.732. The normalized spacial score (nSPS) is 30.9. The first-order valence-corrected chi connectivity index (χ1v) is 11.3. The Kier molecular flexibility index (Phi) is 4.96. The summed E-state index contributed by atoms with van der Waals surface area (Å²) in [4.78, 5) is 18.3. The summed E-state index contributed by atoms with van der Waals surface area (Å²) in [6.07, 6.45) is 2.94. The van der Waals surface area contributed by atoms with Gasteiger partial charge in [-0.3, -0.25) is 9.69 Å². The molecule has 0 aromatic heterocycles. The number of amides is 1. The van der Waals surface area contributed by atoms with Gasteiger partial charge in [-0.05, 0) is 37.3 Å². The molecule has 2 atom stereocenters. The lowest BCUT2D eigenvalue weighted by Crippen LogP contribution is -2.67. The molecule has 4 heterocycles. The monoisotopic (exact) mass is 398 g/mol. The van der Waals surface area contributed by atoms with Gasteiger partial charge in [0.15, 0.2) is 0 Å². The van der Waals surface area contributed by atoms with E-state index < -0.39 is 0 Å².